The molecule has 16 heteroatoms. The Morgan fingerprint density at radius 3 is 1.81 bits per heavy atom. The number of rotatable bonds is 20. The minimum Gasteiger partial charge on any atom is -0.480 e. The number of amides is 3. The fraction of sp³-hybridized carbons (Fsp3) is 0.538. The van der Waals surface area contributed by atoms with Crippen molar-refractivity contribution in [3.05, 3.63) is 35.9 Å². The van der Waals surface area contributed by atoms with Crippen LogP contribution in [0.2, 0.25) is 0 Å². The summed E-state index contributed by atoms with van der Waals surface area (Å²) < 4.78 is 0. The van der Waals surface area contributed by atoms with Crippen molar-refractivity contribution in [2.45, 2.75) is 62.7 Å². The summed E-state index contributed by atoms with van der Waals surface area (Å²) in [5.41, 5.74) is 28.1. The Balaban J connectivity index is 3.00. The Labute approximate surface area is 249 Å². The summed E-state index contributed by atoms with van der Waals surface area (Å²) in [6.45, 7) is 0.494. The SMILES string of the molecule is CSCC[C@H](NC(=O)[C@@H](N)CCCN=C(N)N)C(=O)N[C@@H](CCCN=C(N)N)C(=O)N[C@@H](Cc1ccccc1)C(=O)O. The monoisotopic (exact) mass is 608 g/mol. The van der Waals surface area contributed by atoms with Crippen molar-refractivity contribution in [1.29, 1.82) is 0 Å². The molecule has 15 nitrogen and oxygen atoms in total. The molecule has 1 aromatic carbocycles. The topological polar surface area (TPSA) is 279 Å². The van der Waals surface area contributed by atoms with Gasteiger partial charge in [0.25, 0.3) is 0 Å². The number of nitrogens with zero attached hydrogens (tertiary/aromatic N) is 2. The molecule has 14 N–H and O–H groups in total. The molecule has 1 rings (SSSR count). The van der Waals surface area contributed by atoms with Gasteiger partial charge in [0.2, 0.25) is 17.7 Å². The van der Waals surface area contributed by atoms with E-state index in [0.717, 1.165) is 0 Å². The molecule has 4 atom stereocenters. The fourth-order valence-electron chi connectivity index (χ4n) is 3.80. The Kier molecular flexibility index (Phi) is 17.1. The zero-order valence-electron chi connectivity index (χ0n) is 23.8. The highest BCUT2D eigenvalue weighted by molar-refractivity contribution is 7.98. The number of aliphatic imine (C=N–C) groups is 2. The third-order valence-electron chi connectivity index (χ3n) is 6.02. The maximum Gasteiger partial charge on any atom is 0.326 e. The molecule has 1 aromatic rings. The maximum atomic E-state index is 13.3. The summed E-state index contributed by atoms with van der Waals surface area (Å²) >= 11 is 1.48. The van der Waals surface area contributed by atoms with Gasteiger partial charge in [-0.3, -0.25) is 24.4 Å². The molecule has 234 valence electrons. The Bertz CT molecular complexity index is 1060. The standard InChI is InChI=1S/C26H44N10O5S/c1-42-14-11-19(34-21(37)17(27)9-5-12-32-25(28)29)23(39)35-18(10-6-13-33-26(30)31)22(38)36-20(24(40)41)15-16-7-3-2-4-8-16/h2-4,7-8,17-20H,5-6,9-15,27H2,1H3,(H,34,37)(H,35,39)(H,36,38)(H,40,41)(H4,28,29,32)(H4,30,31,33)/t17-,18-,19-,20-/m0/s1. The summed E-state index contributed by atoms with van der Waals surface area (Å²) in [5.74, 6) is -2.71. The first kappa shape index (κ1) is 36.0. The highest BCUT2D eigenvalue weighted by atomic mass is 32.2. The van der Waals surface area contributed by atoms with E-state index in [1.165, 1.54) is 11.8 Å². The second-order valence-corrected chi connectivity index (χ2v) is 10.5. The molecule has 0 saturated heterocycles. The highest BCUT2D eigenvalue weighted by Gasteiger charge is 2.30. The largest absolute Gasteiger partial charge is 0.480 e. The molecule has 0 bridgehead atoms. The molecule has 0 saturated carbocycles. The molecule has 0 spiro atoms. The predicted octanol–water partition coefficient (Wildman–Crippen LogP) is -2.04. The normalized spacial score (nSPS) is 13.5. The molecule has 0 unspecified atom stereocenters. The van der Waals surface area contributed by atoms with Crippen LogP contribution >= 0.6 is 11.8 Å². The Hall–Kier alpha value is -4.05. The lowest BCUT2D eigenvalue weighted by atomic mass is 10.0. The zero-order valence-corrected chi connectivity index (χ0v) is 24.6. The van der Waals surface area contributed by atoms with E-state index in [1.54, 1.807) is 30.3 Å². The molecule has 42 heavy (non-hydrogen) atoms. The summed E-state index contributed by atoms with van der Waals surface area (Å²) in [6, 6.07) is 4.59. The molecule has 0 heterocycles. The van der Waals surface area contributed by atoms with E-state index in [1.807, 2.05) is 6.26 Å². The van der Waals surface area contributed by atoms with Crippen molar-refractivity contribution >= 4 is 47.4 Å². The van der Waals surface area contributed by atoms with Crippen LogP contribution in [0.4, 0.5) is 0 Å². The lowest BCUT2D eigenvalue weighted by Crippen LogP contribution is -2.57. The number of guanidine groups is 2. The summed E-state index contributed by atoms with van der Waals surface area (Å²) in [4.78, 5) is 59.0. The van der Waals surface area contributed by atoms with Crippen LogP contribution < -0.4 is 44.6 Å². The number of nitrogens with one attached hydrogen (secondary N) is 3. The van der Waals surface area contributed by atoms with Crippen LogP contribution in [0.1, 0.15) is 37.7 Å². The third kappa shape index (κ3) is 15.1. The van der Waals surface area contributed by atoms with Gasteiger partial charge < -0.3 is 49.7 Å². The van der Waals surface area contributed by atoms with Crippen molar-refractivity contribution in [2.24, 2.45) is 38.7 Å². The van der Waals surface area contributed by atoms with E-state index >= 15 is 0 Å². The zero-order chi connectivity index (χ0) is 31.5. The number of carboxylic acids is 1. The summed E-state index contributed by atoms with van der Waals surface area (Å²) in [6.07, 6.45) is 3.34. The average Bonchev–Trinajstić information content (AvgIpc) is 2.94. The van der Waals surface area contributed by atoms with Gasteiger partial charge in [-0.05, 0) is 49.7 Å². The van der Waals surface area contributed by atoms with E-state index in [2.05, 4.69) is 25.9 Å². The van der Waals surface area contributed by atoms with Crippen LogP contribution in [0.25, 0.3) is 0 Å². The van der Waals surface area contributed by atoms with E-state index in [4.69, 9.17) is 28.7 Å². The van der Waals surface area contributed by atoms with E-state index in [-0.39, 0.29) is 44.1 Å². The lowest BCUT2D eigenvalue weighted by molar-refractivity contribution is -0.142. The molecule has 0 radical (unpaired) electrons. The van der Waals surface area contributed by atoms with Crippen LogP contribution in [0.15, 0.2) is 40.3 Å². The first-order chi connectivity index (χ1) is 19.9. The maximum absolute atomic E-state index is 13.3. The Morgan fingerprint density at radius 1 is 0.786 bits per heavy atom. The number of carboxylic acid groups (broad SMARTS) is 1. The number of carbonyl (C=O) groups is 4. The van der Waals surface area contributed by atoms with Crippen LogP contribution in [0.3, 0.4) is 0 Å². The first-order valence-corrected chi connectivity index (χ1v) is 14.9. The lowest BCUT2D eigenvalue weighted by Gasteiger charge is -2.25. The van der Waals surface area contributed by atoms with Gasteiger partial charge >= 0.3 is 5.97 Å². The highest BCUT2D eigenvalue weighted by Crippen LogP contribution is 2.08. The van der Waals surface area contributed by atoms with Crippen LogP contribution in [-0.4, -0.2) is 90.0 Å². The molecular formula is C26H44N10O5S. The number of hydrogen-bond acceptors (Lipinski definition) is 8. The number of carbonyl (C=O) groups excluding carboxylic acids is 3. The average molecular weight is 609 g/mol. The number of nitrogens with two attached hydrogens (primary N) is 5. The number of benzene rings is 1. The van der Waals surface area contributed by atoms with Crippen molar-refractivity contribution in [3.8, 4) is 0 Å². The second kappa shape index (κ2) is 19.9. The predicted molar refractivity (Wildman–Crippen MR) is 164 cm³/mol. The molecule has 3 amide bonds. The molecular weight excluding hydrogens is 564 g/mol. The van der Waals surface area contributed by atoms with Gasteiger partial charge in [0.15, 0.2) is 11.9 Å². The van der Waals surface area contributed by atoms with Gasteiger partial charge in [-0.15, -0.1) is 0 Å². The first-order valence-electron chi connectivity index (χ1n) is 13.5. The third-order valence-corrected chi connectivity index (χ3v) is 6.67. The van der Waals surface area contributed by atoms with Crippen LogP contribution in [-0.2, 0) is 25.6 Å². The number of hydrogen-bond donors (Lipinski definition) is 9. The van der Waals surface area contributed by atoms with Gasteiger partial charge in [0.1, 0.15) is 18.1 Å². The second-order valence-electron chi connectivity index (χ2n) is 9.50. The van der Waals surface area contributed by atoms with E-state index < -0.39 is 47.9 Å². The van der Waals surface area contributed by atoms with Crippen molar-refractivity contribution in [3.63, 3.8) is 0 Å². The molecule has 0 aromatic heterocycles. The minimum atomic E-state index is -1.24. The van der Waals surface area contributed by atoms with E-state index in [9.17, 15) is 24.3 Å². The quantitative estimate of drug-likeness (QED) is 0.0441. The van der Waals surface area contributed by atoms with E-state index in [0.29, 0.717) is 30.7 Å². The molecule has 0 fully saturated rings. The number of aliphatic carboxylic acids is 1. The van der Waals surface area contributed by atoms with Gasteiger partial charge in [-0.25, -0.2) is 4.79 Å². The molecule has 0 aliphatic heterocycles. The van der Waals surface area contributed by atoms with Crippen molar-refractivity contribution in [1.82, 2.24) is 16.0 Å². The fourth-order valence-corrected chi connectivity index (χ4v) is 4.27. The van der Waals surface area contributed by atoms with Crippen LogP contribution in [0, 0.1) is 0 Å². The summed E-state index contributed by atoms with van der Waals surface area (Å²) in [7, 11) is 0. The molecule has 0 aliphatic carbocycles. The van der Waals surface area contributed by atoms with Crippen LogP contribution in [0.5, 0.6) is 0 Å². The van der Waals surface area contributed by atoms with Gasteiger partial charge in [0.05, 0.1) is 6.04 Å². The van der Waals surface area contributed by atoms with Gasteiger partial charge in [-0.1, -0.05) is 30.3 Å². The minimum absolute atomic E-state index is 0.0457. The van der Waals surface area contributed by atoms with Crippen molar-refractivity contribution < 1.29 is 24.3 Å². The Morgan fingerprint density at radius 2 is 1.29 bits per heavy atom. The molecule has 0 aliphatic rings. The number of thioether (sulfide) groups is 1. The smallest absolute Gasteiger partial charge is 0.326 e. The van der Waals surface area contributed by atoms with Crippen molar-refractivity contribution in [2.75, 3.05) is 25.1 Å². The van der Waals surface area contributed by atoms with Gasteiger partial charge in [0, 0.05) is 19.5 Å². The van der Waals surface area contributed by atoms with Gasteiger partial charge in [-0.2, -0.15) is 11.8 Å². The summed E-state index contributed by atoms with van der Waals surface area (Å²) in [5, 5.41) is 17.6.